The van der Waals surface area contributed by atoms with Gasteiger partial charge in [0.05, 0.1) is 6.42 Å². The molecule has 0 N–H and O–H groups in total. The van der Waals surface area contributed by atoms with E-state index in [-0.39, 0.29) is 51.7 Å². The molecule has 0 fully saturated rings. The van der Waals surface area contributed by atoms with Crippen LogP contribution in [0.1, 0.15) is 16.2 Å². The Kier molecular flexibility index (Phi) is 6.94. The van der Waals surface area contributed by atoms with E-state index in [1.165, 1.54) is 0 Å². The van der Waals surface area contributed by atoms with Gasteiger partial charge in [-0.1, -0.05) is 0 Å². The molecule has 0 aliphatic carbocycles. The normalized spacial score (nSPS) is 10.2. The maximum atomic E-state index is 11.3. The van der Waals surface area contributed by atoms with Crippen molar-refractivity contribution >= 4 is 60.4 Å². The first-order valence-corrected chi connectivity index (χ1v) is 2.43. The van der Waals surface area contributed by atoms with Crippen LogP contribution in [0.3, 0.4) is 0 Å². The predicted octanol–water partition coefficient (Wildman–Crippen LogP) is 0.941. The maximum Gasteiger partial charge on any atom is 2.00 e. The van der Waals surface area contributed by atoms with E-state index in [2.05, 4.69) is 0 Å². The average Bonchev–Trinajstić information content (AvgIpc) is 1.60. The fraction of sp³-hybridized carbons (Fsp3) is 0.600. The zero-order chi connectivity index (χ0) is 8.36. The van der Waals surface area contributed by atoms with Crippen molar-refractivity contribution in [3.63, 3.8) is 0 Å². The second kappa shape index (κ2) is 5.37. The van der Waals surface area contributed by atoms with E-state index in [4.69, 9.17) is 0 Å². The number of alkyl halides is 3. The number of ketones is 2. The summed E-state index contributed by atoms with van der Waals surface area (Å²) in [6.45, 7) is 0.934. The van der Waals surface area contributed by atoms with Gasteiger partial charge in [0, 0.05) is 0 Å². The third-order valence-electron chi connectivity index (χ3n) is 0.726. The fourth-order valence-corrected chi connectivity index (χ4v) is 0.326. The minimum atomic E-state index is -4.87. The molecule has 0 amide bonds. The molecule has 0 saturated carbocycles. The molecule has 0 aliphatic heterocycles. The molecule has 0 radical (unpaired) electrons. The second-order valence-electron chi connectivity index (χ2n) is 1.80. The van der Waals surface area contributed by atoms with Gasteiger partial charge in [-0.15, -0.1) is 0 Å². The summed E-state index contributed by atoms with van der Waals surface area (Å²) >= 11 is 0. The van der Waals surface area contributed by atoms with E-state index in [9.17, 15) is 22.8 Å². The molecule has 0 aromatic heterocycles. The van der Waals surface area contributed by atoms with E-state index in [0.717, 1.165) is 6.92 Å². The van der Waals surface area contributed by atoms with Gasteiger partial charge >= 0.3 is 55.1 Å². The van der Waals surface area contributed by atoms with E-state index in [1.54, 1.807) is 0 Å². The van der Waals surface area contributed by atoms with Gasteiger partial charge in [-0.25, -0.2) is 0 Å². The van der Waals surface area contributed by atoms with Crippen LogP contribution >= 0.6 is 0 Å². The first-order valence-electron chi connectivity index (χ1n) is 2.43. The molecule has 2 nitrogen and oxygen atoms in total. The van der Waals surface area contributed by atoms with Gasteiger partial charge in [0.1, 0.15) is 5.78 Å². The van der Waals surface area contributed by atoms with Gasteiger partial charge in [0.25, 0.3) is 0 Å². The summed E-state index contributed by atoms with van der Waals surface area (Å²) in [4.78, 5) is 19.9. The van der Waals surface area contributed by atoms with Crippen LogP contribution in [0, 0.1) is 0 Å². The smallest absolute Gasteiger partial charge is 1.00 e. The molecule has 0 saturated heterocycles. The predicted molar refractivity (Wildman–Crippen MR) is 34.3 cm³/mol. The van der Waals surface area contributed by atoms with Crippen LogP contribution < -0.4 is 0 Å². The first-order chi connectivity index (χ1) is 4.34. The van der Waals surface area contributed by atoms with E-state index >= 15 is 0 Å². The van der Waals surface area contributed by atoms with Gasteiger partial charge in [0.2, 0.25) is 5.78 Å². The summed E-state index contributed by atoms with van der Waals surface area (Å²) in [7, 11) is 0. The van der Waals surface area contributed by atoms with Gasteiger partial charge in [-0.05, 0) is 6.92 Å². The second-order valence-corrected chi connectivity index (χ2v) is 1.80. The number of carbonyl (C=O) groups excluding carboxylic acids is 2. The van der Waals surface area contributed by atoms with Crippen molar-refractivity contribution < 1.29 is 25.6 Å². The van der Waals surface area contributed by atoms with Crippen LogP contribution in [0.4, 0.5) is 13.2 Å². The summed E-state index contributed by atoms with van der Waals surface area (Å²) in [5.41, 5.74) is 0. The Morgan fingerprint density at radius 2 is 1.73 bits per heavy atom. The Balaban J connectivity index is -0.000000135. The Morgan fingerprint density at radius 3 is 1.82 bits per heavy atom. The van der Waals surface area contributed by atoms with Gasteiger partial charge in [-0.3, -0.25) is 9.59 Å². The zero-order valence-corrected chi connectivity index (χ0v) is 10.3. The summed E-state index contributed by atoms with van der Waals surface area (Å²) in [5.74, 6) is -2.76. The number of hydrogen-bond donors (Lipinski definition) is 0. The summed E-state index contributed by atoms with van der Waals surface area (Å²) in [5, 5.41) is 0. The standard InChI is InChI=1S/C5H5F3O2.Ba.2H/c1-3(9)2-4(10)5(6,7)8;;;/h2H2,1H3;;;/q;+2;2*-1. The monoisotopic (exact) mass is 294 g/mol. The van der Waals surface area contributed by atoms with Crippen LogP contribution in [-0.2, 0) is 9.59 Å². The Hall–Kier alpha value is 0.701. The fourth-order valence-electron chi connectivity index (χ4n) is 0.326. The molecule has 62 valence electrons. The van der Waals surface area contributed by atoms with Crippen molar-refractivity contribution in [1.29, 1.82) is 0 Å². The Morgan fingerprint density at radius 1 is 1.36 bits per heavy atom. The number of hydrogen-bond acceptors (Lipinski definition) is 2. The van der Waals surface area contributed by atoms with Crippen molar-refractivity contribution in [2.75, 3.05) is 0 Å². The minimum absolute atomic E-state index is 0. The minimum Gasteiger partial charge on any atom is -1.00 e. The number of halogens is 3. The molecule has 6 heteroatoms. The molecule has 0 spiro atoms. The average molecular weight is 293 g/mol. The summed E-state index contributed by atoms with van der Waals surface area (Å²) in [6, 6.07) is 0. The molecule has 0 heterocycles. The van der Waals surface area contributed by atoms with Gasteiger partial charge in [0.15, 0.2) is 0 Å². The summed E-state index contributed by atoms with van der Waals surface area (Å²) in [6.07, 6.45) is -5.92. The van der Waals surface area contributed by atoms with Gasteiger partial charge < -0.3 is 2.85 Å². The Bertz CT molecular complexity index is 172. The summed E-state index contributed by atoms with van der Waals surface area (Å²) < 4.78 is 33.9. The Labute approximate surface area is 105 Å². The molecule has 0 aromatic carbocycles. The van der Waals surface area contributed by atoms with Crippen LogP contribution in [-0.4, -0.2) is 66.6 Å². The van der Waals surface area contributed by atoms with Crippen LogP contribution in [0.25, 0.3) is 0 Å². The largest absolute Gasteiger partial charge is 2.00 e. The first kappa shape index (κ1) is 14.2. The molecule has 0 rings (SSSR count). The van der Waals surface area contributed by atoms with E-state index in [1.807, 2.05) is 0 Å². The number of carbonyl (C=O) groups is 2. The van der Waals surface area contributed by atoms with E-state index < -0.39 is 24.2 Å². The molecular formula is C5H7BaF3O2. The third-order valence-corrected chi connectivity index (χ3v) is 0.726. The van der Waals surface area contributed by atoms with Crippen LogP contribution in [0.15, 0.2) is 0 Å². The molecule has 0 atom stereocenters. The molecular weight excluding hydrogens is 286 g/mol. The SMILES string of the molecule is CC(=O)CC(=O)C(F)(F)F.[Ba+2].[H-].[H-]. The van der Waals surface area contributed by atoms with Crippen molar-refractivity contribution in [3.8, 4) is 0 Å². The van der Waals surface area contributed by atoms with Gasteiger partial charge in [-0.2, -0.15) is 13.2 Å². The van der Waals surface area contributed by atoms with Crippen molar-refractivity contribution in [2.45, 2.75) is 19.5 Å². The third kappa shape index (κ3) is 7.08. The number of rotatable bonds is 2. The number of Topliss-reactive ketones (excluding diaryl/α,β-unsaturated/α-hetero) is 2. The molecule has 0 unspecified atom stereocenters. The molecule has 0 bridgehead atoms. The van der Waals surface area contributed by atoms with Crippen molar-refractivity contribution in [1.82, 2.24) is 0 Å². The molecule has 0 aromatic rings. The van der Waals surface area contributed by atoms with Crippen LogP contribution in [0.2, 0.25) is 0 Å². The van der Waals surface area contributed by atoms with Crippen LogP contribution in [0.5, 0.6) is 0 Å². The van der Waals surface area contributed by atoms with E-state index in [0.29, 0.717) is 0 Å². The molecule has 0 aliphatic rings. The zero-order valence-electron chi connectivity index (χ0n) is 7.86. The quantitative estimate of drug-likeness (QED) is 0.561. The van der Waals surface area contributed by atoms with Crippen molar-refractivity contribution in [3.05, 3.63) is 0 Å². The topological polar surface area (TPSA) is 34.1 Å². The van der Waals surface area contributed by atoms with Crippen molar-refractivity contribution in [2.24, 2.45) is 0 Å². The molecule has 11 heavy (non-hydrogen) atoms. The maximum absolute atomic E-state index is 11.3.